The Balaban J connectivity index is 0. The first-order valence-electron chi connectivity index (χ1n) is 0. The molecule has 0 saturated carbocycles. The quantitative estimate of drug-likeness (QED) is 0.416. The van der Waals surface area contributed by atoms with Crippen LogP contribution in [-0.4, -0.2) is 74.4 Å². The van der Waals surface area contributed by atoms with Gasteiger partial charge in [0.05, 0.1) is 0 Å². The van der Waals surface area contributed by atoms with E-state index in [-0.39, 0.29) is 128 Å². The van der Waals surface area contributed by atoms with Gasteiger partial charge in [0.2, 0.25) is 0 Å². The first kappa shape index (κ1) is 35.8. The van der Waals surface area contributed by atoms with E-state index in [2.05, 4.69) is 0 Å². The summed E-state index contributed by atoms with van der Waals surface area (Å²) in [5.41, 5.74) is 0. The van der Waals surface area contributed by atoms with Crippen LogP contribution in [0.2, 0.25) is 0 Å². The van der Waals surface area contributed by atoms with Crippen LogP contribution in [0.3, 0.4) is 0 Å². The second kappa shape index (κ2) is 24.4. The molecule has 0 aromatic rings. The number of hydrogen-bond acceptors (Lipinski definition) is 0. The molecule has 4 radical (unpaired) electrons. The summed E-state index contributed by atoms with van der Waals surface area (Å²) in [6, 6.07) is 0. The average molecular weight is 481 g/mol. The van der Waals surface area contributed by atoms with E-state index in [1.165, 1.54) is 0 Å². The third-order valence-electron chi connectivity index (χ3n) is 0. The van der Waals surface area contributed by atoms with Crippen LogP contribution in [0, 0.1) is 0 Å². The summed E-state index contributed by atoms with van der Waals surface area (Å²) in [4.78, 5) is 0. The Morgan fingerprint density at radius 3 is 1.00 bits per heavy atom. The standard InChI is InChI=1S/ClH.K.Mg.Pt.Re/h1H;;;;. The maximum absolute atomic E-state index is 0. The smallest absolute Gasteiger partial charge is 0 e. The van der Waals surface area contributed by atoms with E-state index in [0.29, 0.717) is 0 Å². The molecule has 0 aliphatic rings. The van der Waals surface area contributed by atoms with Gasteiger partial charge in [-0.2, -0.15) is 0 Å². The molecule has 0 aromatic heterocycles. The second-order valence-electron chi connectivity index (χ2n) is 0. The molecule has 0 rings (SSSR count). The molecule has 0 aliphatic heterocycles. The molecule has 0 atom stereocenters. The first-order chi connectivity index (χ1) is 0. The Labute approximate surface area is 125 Å². The maximum atomic E-state index is 0. The van der Waals surface area contributed by atoms with Gasteiger partial charge in [-0.25, -0.2) is 0 Å². The molecule has 0 bridgehead atoms. The third-order valence-corrected chi connectivity index (χ3v) is 0. The predicted octanol–water partition coefficient (Wildman–Crippen LogP) is -0.345. The molecule has 0 spiro atoms. The van der Waals surface area contributed by atoms with Crippen LogP contribution in [0.5, 0.6) is 0 Å². The van der Waals surface area contributed by atoms with Crippen molar-refractivity contribution < 1.29 is 41.5 Å². The Bertz CT molecular complexity index is 11.6. The van der Waals surface area contributed by atoms with Gasteiger partial charge in [-0.15, -0.1) is 12.4 Å². The molecule has 5 heteroatoms. The van der Waals surface area contributed by atoms with Crippen molar-refractivity contribution in [3.63, 3.8) is 0 Å². The Hall–Kier alpha value is 4.04. The van der Waals surface area contributed by atoms with E-state index in [1.54, 1.807) is 0 Å². The average Bonchev–Trinajstić information content (AvgIpc) is 0. The van der Waals surface area contributed by atoms with Gasteiger partial charge in [-0.1, -0.05) is 0 Å². The molecule has 0 aromatic carbocycles. The fraction of sp³-hybridized carbons (Fsp3) is 0. The van der Waals surface area contributed by atoms with Gasteiger partial charge in [-0.05, 0) is 0 Å². The maximum Gasteiger partial charge on any atom is 0 e. The molecule has 0 heterocycles. The minimum atomic E-state index is 0. The number of halogens is 1. The van der Waals surface area contributed by atoms with Crippen LogP contribution in [0.1, 0.15) is 0 Å². The van der Waals surface area contributed by atoms with Crippen LogP contribution >= 0.6 is 12.4 Å². The summed E-state index contributed by atoms with van der Waals surface area (Å²) in [7, 11) is 0. The van der Waals surface area contributed by atoms with Crippen molar-refractivity contribution in [2.24, 2.45) is 0 Å². The summed E-state index contributed by atoms with van der Waals surface area (Å²) < 4.78 is 0. The van der Waals surface area contributed by atoms with Crippen molar-refractivity contribution in [3.05, 3.63) is 0 Å². The molecule has 0 N–H and O–H groups in total. The van der Waals surface area contributed by atoms with E-state index >= 15 is 0 Å². The van der Waals surface area contributed by atoms with Crippen molar-refractivity contribution in [2.45, 2.75) is 0 Å². The third kappa shape index (κ3) is 18.0. The van der Waals surface area contributed by atoms with Crippen molar-refractivity contribution in [1.82, 2.24) is 0 Å². The Morgan fingerprint density at radius 1 is 1.00 bits per heavy atom. The van der Waals surface area contributed by atoms with Gasteiger partial charge in [-0.3, -0.25) is 0 Å². The number of rotatable bonds is 0. The van der Waals surface area contributed by atoms with Crippen LogP contribution in [0.25, 0.3) is 0 Å². The minimum Gasteiger partial charge on any atom is -0.147 e. The van der Waals surface area contributed by atoms with E-state index in [4.69, 9.17) is 0 Å². The van der Waals surface area contributed by atoms with Crippen molar-refractivity contribution >= 4 is 86.8 Å². The summed E-state index contributed by atoms with van der Waals surface area (Å²) in [6.07, 6.45) is 0. The molecule has 0 unspecified atom stereocenters. The summed E-state index contributed by atoms with van der Waals surface area (Å²) in [5, 5.41) is 0. The van der Waals surface area contributed by atoms with Crippen LogP contribution in [0.4, 0.5) is 0 Å². The largest absolute Gasteiger partial charge is 0.147 e. The second-order valence-corrected chi connectivity index (χ2v) is 0. The fourth-order valence-electron chi connectivity index (χ4n) is 0. The molecule has 0 fully saturated rings. The zero-order chi connectivity index (χ0) is 0. The van der Waals surface area contributed by atoms with Crippen LogP contribution in [0.15, 0.2) is 0 Å². The van der Waals surface area contributed by atoms with E-state index in [1.807, 2.05) is 0 Å². The Morgan fingerprint density at radius 2 is 1.00 bits per heavy atom. The molecular formula is HClKMgPtRe. The topological polar surface area (TPSA) is 0 Å². The van der Waals surface area contributed by atoms with E-state index in [0.717, 1.165) is 0 Å². The minimum absolute atomic E-state index is 0. The van der Waals surface area contributed by atoms with Crippen molar-refractivity contribution in [2.75, 3.05) is 0 Å². The molecule has 0 amide bonds. The molecular weight excluding hydrogens is 480 g/mol. The summed E-state index contributed by atoms with van der Waals surface area (Å²) >= 11 is 0. The molecule has 0 saturated heterocycles. The van der Waals surface area contributed by atoms with Gasteiger partial charge in [0.1, 0.15) is 0 Å². The van der Waals surface area contributed by atoms with E-state index < -0.39 is 0 Å². The van der Waals surface area contributed by atoms with Gasteiger partial charge >= 0.3 is 0 Å². The SMILES string of the molecule is Cl.[K].[Mg].[Pt].[Re]. The monoisotopic (exact) mass is 481 g/mol. The molecule has 28 valence electrons. The van der Waals surface area contributed by atoms with Crippen LogP contribution in [-0.2, 0) is 41.5 Å². The number of hydrogen-bond donors (Lipinski definition) is 0. The molecule has 0 nitrogen and oxygen atoms in total. The van der Waals surface area contributed by atoms with Crippen LogP contribution < -0.4 is 0 Å². The van der Waals surface area contributed by atoms with Crippen molar-refractivity contribution in [3.8, 4) is 0 Å². The molecule has 5 heavy (non-hydrogen) atoms. The fourth-order valence-corrected chi connectivity index (χ4v) is 0. The van der Waals surface area contributed by atoms with Gasteiger partial charge in [0, 0.05) is 116 Å². The zero-order valence-corrected chi connectivity index (χ0v) is 13.2. The van der Waals surface area contributed by atoms with Gasteiger partial charge in [0.25, 0.3) is 0 Å². The molecule has 0 aliphatic carbocycles. The van der Waals surface area contributed by atoms with Gasteiger partial charge < -0.3 is 0 Å². The zero-order valence-electron chi connectivity index (χ0n) is 2.81. The van der Waals surface area contributed by atoms with E-state index in [9.17, 15) is 0 Å². The normalized spacial score (nSPS) is 0. The van der Waals surface area contributed by atoms with Crippen molar-refractivity contribution in [1.29, 1.82) is 0 Å². The summed E-state index contributed by atoms with van der Waals surface area (Å²) in [6.45, 7) is 0. The summed E-state index contributed by atoms with van der Waals surface area (Å²) in [5.74, 6) is 0. The Kier molecular flexibility index (Phi) is 175. The first-order valence-corrected chi connectivity index (χ1v) is 0. The predicted molar refractivity (Wildman–Crippen MR) is 18.8 cm³/mol. The van der Waals surface area contributed by atoms with Gasteiger partial charge in [0.15, 0.2) is 0 Å².